The number of halogens is 1. The van der Waals surface area contributed by atoms with Gasteiger partial charge in [0.2, 0.25) is 15.9 Å². The van der Waals surface area contributed by atoms with Crippen molar-refractivity contribution in [1.29, 1.82) is 0 Å². The van der Waals surface area contributed by atoms with Gasteiger partial charge in [-0.3, -0.25) is 9.69 Å². The number of amides is 1. The molecule has 2 aromatic carbocycles. The Bertz CT molecular complexity index is 957. The van der Waals surface area contributed by atoms with E-state index in [0.717, 1.165) is 24.7 Å². The van der Waals surface area contributed by atoms with Crippen LogP contribution in [0.15, 0.2) is 59.5 Å². The lowest BCUT2D eigenvalue weighted by Gasteiger charge is -2.38. The van der Waals surface area contributed by atoms with E-state index in [1.165, 1.54) is 22.5 Å². The molecule has 1 atom stereocenters. The van der Waals surface area contributed by atoms with Crippen LogP contribution in [0.5, 0.6) is 0 Å². The first-order valence-electron chi connectivity index (χ1n) is 10.2. The summed E-state index contributed by atoms with van der Waals surface area (Å²) in [5.41, 5.74) is 0.924. The molecule has 0 aliphatic carbocycles. The predicted molar refractivity (Wildman–Crippen MR) is 114 cm³/mol. The fourth-order valence-electron chi connectivity index (χ4n) is 3.85. The maximum absolute atomic E-state index is 14.0. The second-order valence-electron chi connectivity index (χ2n) is 7.19. The van der Waals surface area contributed by atoms with E-state index in [9.17, 15) is 17.6 Å². The second kappa shape index (κ2) is 9.68. The molecule has 0 saturated carbocycles. The third-order valence-electron chi connectivity index (χ3n) is 5.53. The maximum Gasteiger partial charge on any atom is 0.246 e. The van der Waals surface area contributed by atoms with Crippen LogP contribution in [0.3, 0.4) is 0 Å². The molecule has 1 aliphatic rings. The molecule has 8 heteroatoms. The molecular weight excluding hydrogens is 405 g/mol. The number of sulfonamides is 1. The largest absolute Gasteiger partial charge is 0.338 e. The highest BCUT2D eigenvalue weighted by atomic mass is 32.2. The summed E-state index contributed by atoms with van der Waals surface area (Å²) in [6.07, 6.45) is 0. The molecule has 30 heavy (non-hydrogen) atoms. The smallest absolute Gasteiger partial charge is 0.246 e. The van der Waals surface area contributed by atoms with E-state index in [1.54, 1.807) is 4.90 Å². The maximum atomic E-state index is 14.0. The fraction of sp³-hybridized carbons (Fsp3) is 0.409. The quantitative estimate of drug-likeness (QED) is 0.674. The lowest BCUT2D eigenvalue weighted by molar-refractivity contribution is -0.138. The van der Waals surface area contributed by atoms with E-state index in [0.29, 0.717) is 0 Å². The van der Waals surface area contributed by atoms with Gasteiger partial charge in [-0.2, -0.15) is 4.31 Å². The molecule has 2 aromatic rings. The van der Waals surface area contributed by atoms with Gasteiger partial charge in [-0.15, -0.1) is 0 Å². The molecule has 0 aromatic heterocycles. The summed E-state index contributed by atoms with van der Waals surface area (Å²) in [6, 6.07) is 14.6. The minimum Gasteiger partial charge on any atom is -0.338 e. The van der Waals surface area contributed by atoms with Gasteiger partial charge in [-0.25, -0.2) is 12.8 Å². The Labute approximate surface area is 177 Å². The second-order valence-corrected chi connectivity index (χ2v) is 9.10. The summed E-state index contributed by atoms with van der Waals surface area (Å²) >= 11 is 0. The third-order valence-corrected chi connectivity index (χ3v) is 7.46. The van der Waals surface area contributed by atoms with Gasteiger partial charge >= 0.3 is 0 Å². The molecule has 6 nitrogen and oxygen atoms in total. The van der Waals surface area contributed by atoms with Crippen LogP contribution >= 0.6 is 0 Å². The Morgan fingerprint density at radius 2 is 1.53 bits per heavy atom. The van der Waals surface area contributed by atoms with Crippen LogP contribution in [0.2, 0.25) is 0 Å². The van der Waals surface area contributed by atoms with E-state index >= 15 is 0 Å². The van der Waals surface area contributed by atoms with Crippen LogP contribution in [0, 0.1) is 5.82 Å². The van der Waals surface area contributed by atoms with Gasteiger partial charge in [0.15, 0.2) is 0 Å². The zero-order valence-corrected chi connectivity index (χ0v) is 18.2. The van der Waals surface area contributed by atoms with Gasteiger partial charge in [0, 0.05) is 26.2 Å². The summed E-state index contributed by atoms with van der Waals surface area (Å²) in [6.45, 7) is 6.32. The average molecular weight is 434 g/mol. The van der Waals surface area contributed by atoms with E-state index in [4.69, 9.17) is 0 Å². The molecule has 3 rings (SSSR count). The number of carbonyl (C=O) groups is 1. The van der Waals surface area contributed by atoms with Crippen molar-refractivity contribution in [2.24, 2.45) is 0 Å². The Morgan fingerprint density at radius 3 is 2.10 bits per heavy atom. The van der Waals surface area contributed by atoms with Crippen LogP contribution in [0.25, 0.3) is 0 Å². The van der Waals surface area contributed by atoms with Crippen LogP contribution in [-0.2, 0) is 14.8 Å². The molecule has 1 saturated heterocycles. The third kappa shape index (κ3) is 4.55. The summed E-state index contributed by atoms with van der Waals surface area (Å²) in [5, 5.41) is 0. The van der Waals surface area contributed by atoms with Crippen molar-refractivity contribution in [3.63, 3.8) is 0 Å². The van der Waals surface area contributed by atoms with Crippen molar-refractivity contribution in [1.82, 2.24) is 14.1 Å². The van der Waals surface area contributed by atoms with Crippen molar-refractivity contribution in [2.45, 2.75) is 24.8 Å². The standard InChI is InChI=1S/C22H28FN3O3S/c1-3-24(4-2)21(18-10-6-5-7-11-18)22(27)25-14-16-26(17-15-25)30(28,29)20-13-9-8-12-19(20)23/h5-13,21H,3-4,14-17H2,1-2H3. The Hall–Kier alpha value is -2.29. The van der Waals surface area contributed by atoms with Crippen LogP contribution in [-0.4, -0.2) is 67.7 Å². The number of hydrogen-bond acceptors (Lipinski definition) is 4. The van der Waals surface area contributed by atoms with Crippen molar-refractivity contribution in [3.8, 4) is 0 Å². The molecule has 0 spiro atoms. The van der Waals surface area contributed by atoms with Gasteiger partial charge in [0.25, 0.3) is 0 Å². The minimum atomic E-state index is -3.93. The van der Waals surface area contributed by atoms with Crippen LogP contribution in [0.1, 0.15) is 25.5 Å². The highest BCUT2D eigenvalue weighted by Crippen LogP contribution is 2.25. The van der Waals surface area contributed by atoms with E-state index in [1.807, 2.05) is 44.2 Å². The fourth-order valence-corrected chi connectivity index (χ4v) is 5.34. The van der Waals surface area contributed by atoms with Crippen LogP contribution < -0.4 is 0 Å². The molecule has 1 fully saturated rings. The number of nitrogens with zero attached hydrogens (tertiary/aromatic N) is 3. The Balaban J connectivity index is 1.76. The topological polar surface area (TPSA) is 60.9 Å². The first-order valence-corrected chi connectivity index (χ1v) is 11.7. The molecular formula is C22H28FN3O3S. The normalized spacial score (nSPS) is 16.6. The lowest BCUT2D eigenvalue weighted by Crippen LogP contribution is -2.53. The molecule has 162 valence electrons. The Morgan fingerprint density at radius 1 is 0.967 bits per heavy atom. The number of rotatable bonds is 7. The highest BCUT2D eigenvalue weighted by Gasteiger charge is 2.35. The molecule has 0 radical (unpaired) electrons. The highest BCUT2D eigenvalue weighted by molar-refractivity contribution is 7.89. The van der Waals surface area contributed by atoms with Crippen LogP contribution in [0.4, 0.5) is 4.39 Å². The summed E-state index contributed by atoms with van der Waals surface area (Å²) < 4.78 is 40.9. The van der Waals surface area contributed by atoms with E-state index in [2.05, 4.69) is 4.90 Å². The average Bonchev–Trinajstić information content (AvgIpc) is 2.78. The monoisotopic (exact) mass is 433 g/mol. The zero-order chi connectivity index (χ0) is 21.7. The number of likely N-dealkylation sites (N-methyl/N-ethyl adjacent to an activating group) is 1. The molecule has 1 unspecified atom stereocenters. The minimum absolute atomic E-state index is 0.0344. The molecule has 1 aliphatic heterocycles. The van der Waals surface area contributed by atoms with Gasteiger partial charge in [0.1, 0.15) is 16.8 Å². The van der Waals surface area contributed by atoms with E-state index < -0.39 is 21.9 Å². The first kappa shape index (κ1) is 22.4. The van der Waals surface area contributed by atoms with E-state index in [-0.39, 0.29) is 37.0 Å². The van der Waals surface area contributed by atoms with Gasteiger partial charge in [0.05, 0.1) is 0 Å². The van der Waals surface area contributed by atoms with Crippen molar-refractivity contribution in [2.75, 3.05) is 39.3 Å². The Kier molecular flexibility index (Phi) is 7.23. The number of hydrogen-bond donors (Lipinski definition) is 0. The van der Waals surface area contributed by atoms with Crippen molar-refractivity contribution in [3.05, 3.63) is 66.0 Å². The molecule has 0 N–H and O–H groups in total. The van der Waals surface area contributed by atoms with Gasteiger partial charge in [-0.05, 0) is 30.8 Å². The summed E-state index contributed by atoms with van der Waals surface area (Å²) in [7, 11) is -3.93. The SMILES string of the molecule is CCN(CC)C(C(=O)N1CCN(S(=O)(=O)c2ccccc2F)CC1)c1ccccc1. The predicted octanol–water partition coefficient (Wildman–Crippen LogP) is 2.74. The number of carbonyl (C=O) groups excluding carboxylic acids is 1. The summed E-state index contributed by atoms with van der Waals surface area (Å²) in [5.74, 6) is -0.797. The number of benzene rings is 2. The lowest BCUT2D eigenvalue weighted by atomic mass is 10.0. The summed E-state index contributed by atoms with van der Waals surface area (Å²) in [4.78, 5) is 16.9. The zero-order valence-electron chi connectivity index (χ0n) is 17.4. The molecule has 1 amide bonds. The molecule has 0 bridgehead atoms. The van der Waals surface area contributed by atoms with Gasteiger partial charge in [-0.1, -0.05) is 56.3 Å². The molecule has 1 heterocycles. The van der Waals surface area contributed by atoms with Crippen molar-refractivity contribution >= 4 is 15.9 Å². The first-order chi connectivity index (χ1) is 14.4. The number of piperazine rings is 1. The van der Waals surface area contributed by atoms with Gasteiger partial charge < -0.3 is 4.90 Å². The van der Waals surface area contributed by atoms with Crippen molar-refractivity contribution < 1.29 is 17.6 Å².